The minimum Gasteiger partial charge on any atom is -0.481 e. The lowest BCUT2D eigenvalue weighted by molar-refractivity contribution is -0.137. The zero-order valence-corrected chi connectivity index (χ0v) is 72.4. The normalized spacial score (nSPS) is 15.5. The SMILES string of the molecule is C=CCCCCC1(C(=C)CCCC)c2cc(-c3ccc4c(c3)C(CCCCCCCC)(CCCCCCCC)c3cc(-c5ccc6c(c5)C5(c7cc(C)ccc7-c7ccc(C)cc75)c5cc(C)ccc5-6)ccc3-4)ccc2-c2ccc(-c3ccc(-c4ccc5c(c4)C(CCCCCCCCCCC(=O)O)c4cc(C)ccc4-5)c4nsnc34)cc21. The molecule has 2 unspecified atom stereocenters. The molecule has 1 heterocycles. The third kappa shape index (κ3) is 14.7. The van der Waals surface area contributed by atoms with Gasteiger partial charge in [-0.05, 0) is 267 Å². The third-order valence-corrected chi connectivity index (χ3v) is 29.1. The zero-order valence-electron chi connectivity index (χ0n) is 71.6. The molecule has 0 saturated carbocycles. The highest BCUT2D eigenvalue weighted by Crippen LogP contribution is 2.65. The molecule has 118 heavy (non-hydrogen) atoms. The number of fused-ring (bicyclic) bond motifs is 20. The second kappa shape index (κ2) is 34.9. The van der Waals surface area contributed by atoms with Crippen molar-refractivity contribution in [3.8, 4) is 100 Å². The number of rotatable bonds is 38. The van der Waals surface area contributed by atoms with E-state index < -0.39 is 16.8 Å². The summed E-state index contributed by atoms with van der Waals surface area (Å²) < 4.78 is 10.4. The summed E-state index contributed by atoms with van der Waals surface area (Å²) in [5.41, 5.74) is 45.4. The average Bonchev–Trinajstić information content (AvgIpc) is 1.51. The Hall–Kier alpha value is -9.81. The number of hydrogen-bond donors (Lipinski definition) is 1. The van der Waals surface area contributed by atoms with Crippen LogP contribution in [0.4, 0.5) is 0 Å². The molecule has 0 radical (unpaired) electrons. The molecule has 0 saturated heterocycles. The van der Waals surface area contributed by atoms with Crippen molar-refractivity contribution in [1.29, 1.82) is 0 Å². The molecule has 0 fully saturated rings. The predicted molar refractivity (Wildman–Crippen MR) is 501 cm³/mol. The van der Waals surface area contributed by atoms with Crippen molar-refractivity contribution in [1.82, 2.24) is 8.75 Å². The Bertz CT molecular complexity index is 5710. The molecule has 11 aromatic carbocycles. The van der Waals surface area contributed by atoms with E-state index in [-0.39, 0.29) is 11.8 Å². The van der Waals surface area contributed by atoms with Gasteiger partial charge in [-0.1, -0.05) is 354 Å². The second-order valence-corrected chi connectivity index (χ2v) is 36.8. The van der Waals surface area contributed by atoms with Gasteiger partial charge >= 0.3 is 5.97 Å². The molecule has 602 valence electrons. The van der Waals surface area contributed by atoms with Gasteiger partial charge in [0.1, 0.15) is 11.0 Å². The van der Waals surface area contributed by atoms with Crippen LogP contribution >= 0.6 is 11.7 Å². The van der Waals surface area contributed by atoms with E-state index in [1.54, 1.807) is 0 Å². The van der Waals surface area contributed by atoms with Crippen LogP contribution in [0.1, 0.15) is 304 Å². The first kappa shape index (κ1) is 80.6. The standard InChI is InChI=1S/C113H122N2O2S/c1-10-14-18-21-29-33-61-111(62-34-30-22-19-15-11-2)100-69-79(43-54-90(100)91-55-44-80(70-101(91)111)82-46-57-97-96-52-42-77(8)67-106(96)113(107(97)72-82)104-65-75(6)40-50-94(104)95-51-41-76(7)66-105(95)113)81-45-56-92-93-58-48-84(73-103(93)112(102(92)71-81,63-35-20-16-12-3)78(9)36-17-13-4)86-60-59-85(109-110(86)115-118-114-109)83-47-53-89-88-49-39-74(5)64-98(88)87(99(89)68-83)37-31-27-25-23-24-26-28-32-38-108(116)117/h12,39-60,64-73,87H,3,9-11,13-38,61-63H2,1-2,4-8H3,(H,116,117). The Morgan fingerprint density at radius 1 is 0.356 bits per heavy atom. The Morgan fingerprint density at radius 3 is 1.19 bits per heavy atom. The Labute approximate surface area is 709 Å². The van der Waals surface area contributed by atoms with Gasteiger partial charge in [0.2, 0.25) is 0 Å². The number of aliphatic carboxylic acids is 1. The molecule has 0 bridgehead atoms. The summed E-state index contributed by atoms with van der Waals surface area (Å²) in [5, 5.41) is 9.10. The first-order valence-corrected chi connectivity index (χ1v) is 46.6. The number of carboxylic acids is 1. The smallest absolute Gasteiger partial charge is 0.303 e. The number of benzene rings is 11. The summed E-state index contributed by atoms with van der Waals surface area (Å²) in [5.74, 6) is -0.345. The van der Waals surface area contributed by atoms with Crippen molar-refractivity contribution in [2.24, 2.45) is 0 Å². The Balaban J connectivity index is 0.738. The monoisotopic (exact) mass is 1570 g/mol. The van der Waals surface area contributed by atoms with Crippen LogP contribution in [-0.2, 0) is 21.0 Å². The van der Waals surface area contributed by atoms with Crippen LogP contribution in [0.5, 0.6) is 0 Å². The van der Waals surface area contributed by atoms with Gasteiger partial charge in [-0.15, -0.1) is 6.58 Å². The van der Waals surface area contributed by atoms with Gasteiger partial charge < -0.3 is 5.11 Å². The molecular weight excluding hydrogens is 1450 g/mol. The lowest BCUT2D eigenvalue weighted by Crippen LogP contribution is -2.28. The van der Waals surface area contributed by atoms with Crippen molar-refractivity contribution in [3.05, 3.63) is 297 Å². The molecule has 5 aliphatic rings. The summed E-state index contributed by atoms with van der Waals surface area (Å²) >= 11 is 1.33. The quantitative estimate of drug-likeness (QED) is 0.0309. The molecule has 4 nitrogen and oxygen atoms in total. The fourth-order valence-electron chi connectivity index (χ4n) is 22.5. The lowest BCUT2D eigenvalue weighted by atomic mass is 9.67. The number of allylic oxidation sites excluding steroid dienone is 2. The fraction of sp³-hybridized carbons (Fsp3) is 0.372. The van der Waals surface area contributed by atoms with E-state index in [1.165, 1.54) is 293 Å². The van der Waals surface area contributed by atoms with Crippen LogP contribution < -0.4 is 0 Å². The van der Waals surface area contributed by atoms with Crippen LogP contribution in [-0.4, -0.2) is 19.8 Å². The molecule has 1 N–H and O–H groups in total. The molecule has 12 aromatic rings. The number of hydrogen-bond acceptors (Lipinski definition) is 4. The molecule has 0 amide bonds. The van der Waals surface area contributed by atoms with E-state index in [0.29, 0.717) is 5.92 Å². The highest BCUT2D eigenvalue weighted by molar-refractivity contribution is 7.00. The van der Waals surface area contributed by atoms with E-state index in [9.17, 15) is 4.79 Å². The molecule has 2 atom stereocenters. The highest BCUT2D eigenvalue weighted by atomic mass is 32.1. The van der Waals surface area contributed by atoms with Crippen molar-refractivity contribution < 1.29 is 9.90 Å². The maximum absolute atomic E-state index is 11.1. The van der Waals surface area contributed by atoms with Crippen molar-refractivity contribution in [2.45, 2.75) is 270 Å². The lowest BCUT2D eigenvalue weighted by Gasteiger charge is -2.36. The van der Waals surface area contributed by atoms with E-state index in [0.717, 1.165) is 106 Å². The van der Waals surface area contributed by atoms with E-state index in [1.807, 2.05) is 0 Å². The van der Waals surface area contributed by atoms with Crippen LogP contribution in [0.3, 0.4) is 0 Å². The summed E-state index contributed by atoms with van der Waals surface area (Å²) in [6, 6.07) is 78.7. The van der Waals surface area contributed by atoms with Gasteiger partial charge in [0.05, 0.1) is 17.1 Å². The van der Waals surface area contributed by atoms with Crippen molar-refractivity contribution >= 4 is 28.7 Å². The highest BCUT2D eigenvalue weighted by Gasteiger charge is 2.53. The van der Waals surface area contributed by atoms with Crippen LogP contribution in [0.2, 0.25) is 0 Å². The average molecular weight is 1570 g/mol. The second-order valence-electron chi connectivity index (χ2n) is 36.3. The number of carboxylic acid groups (broad SMARTS) is 1. The van der Waals surface area contributed by atoms with E-state index >= 15 is 0 Å². The number of unbranched alkanes of at least 4 members (excludes halogenated alkanes) is 20. The number of aromatic nitrogens is 2. The van der Waals surface area contributed by atoms with Crippen molar-refractivity contribution in [3.63, 3.8) is 0 Å². The molecular formula is C113H122N2O2S. The third-order valence-electron chi connectivity index (χ3n) is 28.5. The Kier molecular flexibility index (Phi) is 23.8. The number of aryl methyl sites for hydroxylation is 4. The first-order chi connectivity index (χ1) is 57.7. The number of carbonyl (C=O) groups is 1. The Morgan fingerprint density at radius 2 is 0.703 bits per heavy atom. The molecule has 5 aliphatic carbocycles. The van der Waals surface area contributed by atoms with Crippen LogP contribution in [0.25, 0.3) is 111 Å². The van der Waals surface area contributed by atoms with Crippen LogP contribution in [0.15, 0.2) is 219 Å². The van der Waals surface area contributed by atoms with Gasteiger partial charge in [-0.2, -0.15) is 8.75 Å². The first-order valence-electron chi connectivity index (χ1n) is 45.8. The zero-order chi connectivity index (χ0) is 81.2. The molecule has 17 rings (SSSR count). The van der Waals surface area contributed by atoms with Gasteiger partial charge in [0.15, 0.2) is 0 Å². The summed E-state index contributed by atoms with van der Waals surface area (Å²) in [7, 11) is 0. The topological polar surface area (TPSA) is 63.1 Å². The summed E-state index contributed by atoms with van der Waals surface area (Å²) in [6.45, 7) is 25.6. The molecule has 1 aromatic heterocycles. The van der Waals surface area contributed by atoms with Gasteiger partial charge in [0.25, 0.3) is 0 Å². The van der Waals surface area contributed by atoms with Gasteiger partial charge in [-0.3, -0.25) is 4.79 Å². The van der Waals surface area contributed by atoms with E-state index in [4.69, 9.17) is 20.4 Å². The predicted octanol–water partition coefficient (Wildman–Crippen LogP) is 32.6. The van der Waals surface area contributed by atoms with E-state index in [2.05, 4.69) is 255 Å². The summed E-state index contributed by atoms with van der Waals surface area (Å²) in [6.07, 6.45) is 37.2. The van der Waals surface area contributed by atoms with Crippen molar-refractivity contribution in [2.75, 3.05) is 0 Å². The molecule has 5 heteroatoms. The molecule has 1 spiro atoms. The maximum Gasteiger partial charge on any atom is 0.303 e. The minimum absolute atomic E-state index is 0.162. The maximum atomic E-state index is 11.1. The largest absolute Gasteiger partial charge is 0.481 e. The fourth-order valence-corrected chi connectivity index (χ4v) is 23.1. The van der Waals surface area contributed by atoms with Gasteiger partial charge in [0, 0.05) is 34.3 Å². The minimum atomic E-state index is -0.684. The molecule has 0 aliphatic heterocycles. The number of nitrogens with zero attached hydrogens (tertiary/aromatic N) is 2. The van der Waals surface area contributed by atoms with Gasteiger partial charge in [-0.25, -0.2) is 0 Å². The van der Waals surface area contributed by atoms with Crippen LogP contribution in [0, 0.1) is 27.7 Å². The summed E-state index contributed by atoms with van der Waals surface area (Å²) in [4.78, 5) is 11.1.